The Bertz CT molecular complexity index is 1960. The number of fused-ring (bicyclic) bond motifs is 10. The largest absolute Gasteiger partial charge is 0.506 e. The number of carbonyl (C=O) groups is 3. The lowest BCUT2D eigenvalue weighted by Crippen LogP contribution is -2.56. The minimum absolute atomic E-state index is 0.0476. The van der Waals surface area contributed by atoms with E-state index in [4.69, 9.17) is 4.74 Å². The van der Waals surface area contributed by atoms with Crippen LogP contribution in [0.2, 0.25) is 0 Å². The van der Waals surface area contributed by atoms with E-state index in [1.54, 1.807) is 18.2 Å². The lowest BCUT2D eigenvalue weighted by molar-refractivity contribution is -0.249. The first-order valence-corrected chi connectivity index (χ1v) is 12.5. The number of phenols is 2. The minimum Gasteiger partial charge on any atom is -0.506 e. The van der Waals surface area contributed by atoms with Crippen LogP contribution >= 0.6 is 0 Å². The van der Waals surface area contributed by atoms with Crippen molar-refractivity contribution >= 4 is 61.8 Å². The molecule has 14 heteroatoms. The summed E-state index contributed by atoms with van der Waals surface area (Å²) in [5.41, 5.74) is 2.54. The quantitative estimate of drug-likeness (QED) is 0.109. The van der Waals surface area contributed by atoms with Gasteiger partial charge in [-0.15, -0.1) is 0 Å². The average Bonchev–Trinajstić information content (AvgIpc) is 3.58. The summed E-state index contributed by atoms with van der Waals surface area (Å²) in [4.78, 5) is 41.7. The molecule has 5 aromatic rings. The van der Waals surface area contributed by atoms with Crippen LogP contribution in [0.15, 0.2) is 36.4 Å². The van der Waals surface area contributed by atoms with Crippen LogP contribution in [-0.4, -0.2) is 94.4 Å². The molecule has 2 aromatic heterocycles. The van der Waals surface area contributed by atoms with E-state index >= 15 is 0 Å². The van der Waals surface area contributed by atoms with Gasteiger partial charge in [-0.05, 0) is 12.1 Å². The molecule has 0 bridgehead atoms. The van der Waals surface area contributed by atoms with Gasteiger partial charge in [0, 0.05) is 21.5 Å². The van der Waals surface area contributed by atoms with Crippen LogP contribution in [0.4, 0.5) is 0 Å². The van der Waals surface area contributed by atoms with Crippen molar-refractivity contribution in [2.24, 2.45) is 0 Å². The first-order valence-electron chi connectivity index (χ1n) is 12.5. The third-order valence-electron chi connectivity index (χ3n) is 7.94. The van der Waals surface area contributed by atoms with E-state index in [0.29, 0.717) is 10.4 Å². The molecule has 8 N–H and O–H groups in total. The van der Waals surface area contributed by atoms with Gasteiger partial charge in [0.2, 0.25) is 6.41 Å². The number of aromatic amines is 1. The molecule has 7 rings (SSSR count). The van der Waals surface area contributed by atoms with Crippen LogP contribution < -0.4 is 5.43 Å². The SMILES string of the molecule is O=CNN1C(=O)c2c(c3c4cccc(O)c4n([C@@H]4O[C@H](CO)[C@@H](O)[C@H](O)[C@H]4O)c3c3[nH]c4c(O)cccc4c23)C1=O. The molecule has 41 heavy (non-hydrogen) atoms. The van der Waals surface area contributed by atoms with E-state index in [-0.39, 0.29) is 67.3 Å². The number of amides is 3. The first-order chi connectivity index (χ1) is 19.7. The Morgan fingerprint density at radius 3 is 2.20 bits per heavy atom. The van der Waals surface area contributed by atoms with Crippen LogP contribution in [0.25, 0.3) is 43.6 Å². The number of nitrogens with one attached hydrogen (secondary N) is 2. The van der Waals surface area contributed by atoms with Gasteiger partial charge in [-0.25, -0.2) is 0 Å². The van der Waals surface area contributed by atoms with Crippen LogP contribution in [0.5, 0.6) is 11.5 Å². The Kier molecular flexibility index (Phi) is 5.32. The summed E-state index contributed by atoms with van der Waals surface area (Å²) in [5.74, 6) is -2.17. The van der Waals surface area contributed by atoms with Crippen LogP contribution in [0.3, 0.4) is 0 Å². The van der Waals surface area contributed by atoms with Crippen LogP contribution in [0, 0.1) is 0 Å². The molecule has 0 aliphatic carbocycles. The molecular formula is C27H22N4O10. The number of aliphatic hydroxyl groups is 4. The highest BCUT2D eigenvalue weighted by Gasteiger charge is 2.47. The second-order valence-electron chi connectivity index (χ2n) is 10.0. The monoisotopic (exact) mass is 562 g/mol. The highest BCUT2D eigenvalue weighted by molar-refractivity contribution is 6.39. The number of phenolic OH excluding ortho intramolecular Hbond substituents is 2. The number of hydrogen-bond acceptors (Lipinski definition) is 10. The molecular weight excluding hydrogens is 540 g/mol. The van der Waals surface area contributed by atoms with Crippen molar-refractivity contribution < 1.29 is 49.8 Å². The molecule has 2 aliphatic heterocycles. The third-order valence-corrected chi connectivity index (χ3v) is 7.94. The third kappa shape index (κ3) is 3.10. The predicted octanol–water partition coefficient (Wildman–Crippen LogP) is 0.0696. The molecule has 4 heterocycles. The molecule has 0 radical (unpaired) electrons. The predicted molar refractivity (Wildman–Crippen MR) is 141 cm³/mol. The Morgan fingerprint density at radius 1 is 0.854 bits per heavy atom. The summed E-state index contributed by atoms with van der Waals surface area (Å²) in [7, 11) is 0. The molecule has 5 atom stereocenters. The van der Waals surface area contributed by atoms with E-state index in [1.165, 1.54) is 22.8 Å². The maximum Gasteiger partial charge on any atom is 0.281 e. The molecule has 1 saturated heterocycles. The molecule has 0 spiro atoms. The minimum atomic E-state index is -1.78. The zero-order chi connectivity index (χ0) is 28.9. The Morgan fingerprint density at radius 2 is 1.51 bits per heavy atom. The second-order valence-corrected chi connectivity index (χ2v) is 10.0. The van der Waals surface area contributed by atoms with Crippen molar-refractivity contribution in [1.82, 2.24) is 20.0 Å². The molecule has 3 aromatic carbocycles. The van der Waals surface area contributed by atoms with Gasteiger partial charge in [-0.1, -0.05) is 24.3 Å². The van der Waals surface area contributed by atoms with Gasteiger partial charge >= 0.3 is 0 Å². The molecule has 1 fully saturated rings. The number of hydrazine groups is 1. The molecule has 0 unspecified atom stereocenters. The zero-order valence-corrected chi connectivity index (χ0v) is 20.8. The highest BCUT2D eigenvalue weighted by atomic mass is 16.6. The zero-order valence-electron chi connectivity index (χ0n) is 20.8. The molecule has 2 aliphatic rings. The summed E-state index contributed by atoms with van der Waals surface area (Å²) in [6, 6.07) is 9.00. The number of nitrogens with zero attached hydrogens (tertiary/aromatic N) is 2. The number of hydrogen-bond donors (Lipinski definition) is 8. The topological polar surface area (TPSA) is 218 Å². The van der Waals surface area contributed by atoms with Gasteiger partial charge in [0.05, 0.1) is 39.8 Å². The van der Waals surface area contributed by atoms with E-state index in [2.05, 4.69) is 10.4 Å². The standard InChI is InChI=1S/C27H22N4O10/c32-7-13-22(36)23(37)24(38)27(41-13)30-20-10(4-2-6-12(20)35)15-17-16(25(39)31(26(17)40)28-8-33)14-9-3-1-5-11(34)18(9)29-19(14)21(15)30/h1-6,8,13,22-24,27,29,32,34-38H,7H2,(H,28,33)/t13-,22-,23+,24-,27-/m1/s1. The number of aromatic hydroxyl groups is 2. The van der Waals surface area contributed by atoms with Crippen molar-refractivity contribution in [3.8, 4) is 11.5 Å². The number of para-hydroxylation sites is 2. The Labute approximate surface area is 228 Å². The Balaban J connectivity index is 1.73. The lowest BCUT2D eigenvalue weighted by Gasteiger charge is -2.41. The fraction of sp³-hybridized carbons (Fsp3) is 0.222. The molecule has 14 nitrogen and oxygen atoms in total. The summed E-state index contributed by atoms with van der Waals surface area (Å²) < 4.78 is 7.20. The Hall–Kier alpha value is -4.73. The number of aliphatic hydroxyl groups excluding tert-OH is 4. The number of carbonyl (C=O) groups excluding carboxylic acids is 3. The van der Waals surface area contributed by atoms with E-state index in [1.807, 2.05) is 0 Å². The number of aromatic nitrogens is 2. The van der Waals surface area contributed by atoms with Crippen LogP contribution in [0.1, 0.15) is 26.9 Å². The van der Waals surface area contributed by atoms with Crippen LogP contribution in [-0.2, 0) is 9.53 Å². The van der Waals surface area contributed by atoms with Crippen molar-refractivity contribution in [2.75, 3.05) is 6.61 Å². The van der Waals surface area contributed by atoms with Gasteiger partial charge in [0.15, 0.2) is 6.23 Å². The van der Waals surface area contributed by atoms with Crippen molar-refractivity contribution in [3.05, 3.63) is 47.5 Å². The number of rotatable bonds is 4. The second kappa shape index (κ2) is 8.63. The van der Waals surface area contributed by atoms with Gasteiger partial charge < -0.3 is 44.9 Å². The van der Waals surface area contributed by atoms with Gasteiger partial charge in [-0.3, -0.25) is 19.8 Å². The van der Waals surface area contributed by atoms with Crippen molar-refractivity contribution in [3.63, 3.8) is 0 Å². The average molecular weight is 562 g/mol. The fourth-order valence-electron chi connectivity index (χ4n) is 6.20. The van der Waals surface area contributed by atoms with Crippen molar-refractivity contribution in [2.45, 2.75) is 30.6 Å². The first kappa shape index (κ1) is 25.3. The number of imide groups is 1. The maximum atomic E-state index is 13.7. The van der Waals surface area contributed by atoms with E-state index in [0.717, 1.165) is 0 Å². The molecule has 0 saturated carbocycles. The van der Waals surface area contributed by atoms with Gasteiger partial charge in [0.25, 0.3) is 11.8 Å². The number of benzene rings is 3. The smallest absolute Gasteiger partial charge is 0.281 e. The van der Waals surface area contributed by atoms with Gasteiger partial charge in [-0.2, -0.15) is 5.01 Å². The fourth-order valence-corrected chi connectivity index (χ4v) is 6.20. The molecule has 210 valence electrons. The molecule has 3 amide bonds. The highest BCUT2D eigenvalue weighted by Crippen LogP contribution is 2.49. The number of H-pyrrole nitrogens is 1. The summed E-state index contributed by atoms with van der Waals surface area (Å²) in [5, 5.41) is 65.3. The maximum absolute atomic E-state index is 13.7. The van der Waals surface area contributed by atoms with Crippen molar-refractivity contribution in [1.29, 1.82) is 0 Å². The summed E-state index contributed by atoms with van der Waals surface area (Å²) in [6.07, 6.45) is -7.85. The normalized spacial score (nSPS) is 24.7. The lowest BCUT2D eigenvalue weighted by atomic mass is 9.96. The number of ether oxygens (including phenoxy) is 1. The van der Waals surface area contributed by atoms with E-state index < -0.39 is 49.1 Å². The summed E-state index contributed by atoms with van der Waals surface area (Å²) >= 11 is 0. The van der Waals surface area contributed by atoms with Gasteiger partial charge in [0.1, 0.15) is 35.9 Å². The van der Waals surface area contributed by atoms with E-state index in [9.17, 15) is 45.0 Å². The summed E-state index contributed by atoms with van der Waals surface area (Å²) in [6.45, 7) is -0.713.